The fourth-order valence-corrected chi connectivity index (χ4v) is 8.45. The number of rotatable bonds is 37. The van der Waals surface area contributed by atoms with Crippen LogP contribution in [0.3, 0.4) is 0 Å². The van der Waals surface area contributed by atoms with Gasteiger partial charge in [0.05, 0.1) is 12.0 Å². The third-order valence-corrected chi connectivity index (χ3v) is 12.3. The summed E-state index contributed by atoms with van der Waals surface area (Å²) in [6, 6.07) is 0. The van der Waals surface area contributed by atoms with Crippen molar-refractivity contribution in [2.24, 2.45) is 5.41 Å². The lowest BCUT2D eigenvalue weighted by atomic mass is 9.90. The molecule has 0 aromatic carbocycles. The molecular weight excluding hydrogens is 703 g/mol. The predicted molar refractivity (Wildman–Crippen MR) is 230 cm³/mol. The van der Waals surface area contributed by atoms with Crippen LogP contribution in [0.4, 0.5) is 0 Å². The standard InChI is InChI=1S/C48H89NO7/c1-5-7-9-11-13-15-17-19-21-23-25-27-29-31-33-35-44(50)55-43-40-53-42(39-54-47(52)48(3)37-38-49(4)41-48)46(43)56-45(51)36-34-32-30-28-26-24-22-20-18-16-14-12-10-8-6-2/h42-43,46H,5-41H2,1-4H3/t42-,43+,46+,48?/m1/s1. The van der Waals surface area contributed by atoms with Gasteiger partial charge in [0.25, 0.3) is 0 Å². The molecule has 1 unspecified atom stereocenters. The Morgan fingerprint density at radius 3 is 1.32 bits per heavy atom. The molecule has 4 atom stereocenters. The van der Waals surface area contributed by atoms with E-state index in [2.05, 4.69) is 18.7 Å². The zero-order valence-electron chi connectivity index (χ0n) is 37.2. The molecule has 2 heterocycles. The third-order valence-electron chi connectivity index (χ3n) is 12.3. The lowest BCUT2D eigenvalue weighted by molar-refractivity contribution is -0.170. The molecular formula is C48H89NO7. The number of likely N-dealkylation sites (tertiary alicyclic amines) is 1. The molecule has 0 N–H and O–H groups in total. The van der Waals surface area contributed by atoms with Crippen molar-refractivity contribution in [3.8, 4) is 0 Å². The Hall–Kier alpha value is -1.67. The van der Waals surface area contributed by atoms with E-state index in [0.717, 1.165) is 51.5 Å². The summed E-state index contributed by atoms with van der Waals surface area (Å²) in [6.07, 6.45) is 37.4. The molecule has 0 amide bonds. The van der Waals surface area contributed by atoms with Crippen LogP contribution in [-0.4, -0.2) is 74.5 Å². The van der Waals surface area contributed by atoms with E-state index in [-0.39, 0.29) is 31.1 Å². The molecule has 0 aromatic heterocycles. The summed E-state index contributed by atoms with van der Waals surface area (Å²) < 4.78 is 23.5. The molecule has 56 heavy (non-hydrogen) atoms. The summed E-state index contributed by atoms with van der Waals surface area (Å²) in [7, 11) is 2.01. The molecule has 2 aliphatic heterocycles. The Labute approximate surface area is 345 Å². The average Bonchev–Trinajstić information content (AvgIpc) is 3.74. The number of hydrogen-bond acceptors (Lipinski definition) is 8. The van der Waals surface area contributed by atoms with E-state index >= 15 is 0 Å². The minimum atomic E-state index is -0.782. The number of carbonyl (C=O) groups excluding carboxylic acids is 3. The van der Waals surface area contributed by atoms with Crippen molar-refractivity contribution in [3.05, 3.63) is 0 Å². The molecule has 0 radical (unpaired) electrons. The van der Waals surface area contributed by atoms with E-state index in [1.54, 1.807) is 0 Å². The van der Waals surface area contributed by atoms with Gasteiger partial charge in [-0.05, 0) is 39.8 Å². The van der Waals surface area contributed by atoms with Crippen LogP contribution in [0, 0.1) is 5.41 Å². The molecule has 0 aliphatic carbocycles. The molecule has 328 valence electrons. The number of unbranched alkanes of at least 4 members (excludes halogenated alkanes) is 28. The molecule has 8 heteroatoms. The van der Waals surface area contributed by atoms with Crippen molar-refractivity contribution >= 4 is 17.9 Å². The van der Waals surface area contributed by atoms with Crippen LogP contribution in [0.1, 0.15) is 233 Å². The first kappa shape index (κ1) is 50.5. The maximum atomic E-state index is 13.0. The van der Waals surface area contributed by atoms with Crippen molar-refractivity contribution in [1.29, 1.82) is 0 Å². The smallest absolute Gasteiger partial charge is 0.313 e. The Balaban J connectivity index is 1.64. The highest BCUT2D eigenvalue weighted by Gasteiger charge is 2.45. The van der Waals surface area contributed by atoms with Gasteiger partial charge in [0.15, 0.2) is 12.2 Å². The molecule has 2 saturated heterocycles. The normalized spacial score (nSPS) is 21.1. The van der Waals surface area contributed by atoms with Gasteiger partial charge in [-0.2, -0.15) is 0 Å². The summed E-state index contributed by atoms with van der Waals surface area (Å²) in [5.74, 6) is -0.850. The zero-order valence-corrected chi connectivity index (χ0v) is 37.2. The van der Waals surface area contributed by atoms with Crippen LogP contribution in [0.15, 0.2) is 0 Å². The van der Waals surface area contributed by atoms with Crippen molar-refractivity contribution in [1.82, 2.24) is 4.90 Å². The van der Waals surface area contributed by atoms with Gasteiger partial charge in [-0.15, -0.1) is 0 Å². The van der Waals surface area contributed by atoms with Crippen molar-refractivity contribution in [3.63, 3.8) is 0 Å². The highest BCUT2D eigenvalue weighted by molar-refractivity contribution is 5.77. The summed E-state index contributed by atoms with van der Waals surface area (Å²) >= 11 is 0. The summed E-state index contributed by atoms with van der Waals surface area (Å²) in [5.41, 5.74) is -0.563. The Morgan fingerprint density at radius 2 is 0.946 bits per heavy atom. The highest BCUT2D eigenvalue weighted by Crippen LogP contribution is 2.31. The van der Waals surface area contributed by atoms with Crippen LogP contribution in [-0.2, 0) is 33.3 Å². The minimum Gasteiger partial charge on any atom is -0.462 e. The van der Waals surface area contributed by atoms with E-state index in [1.165, 1.54) is 154 Å². The number of hydrogen-bond donors (Lipinski definition) is 0. The summed E-state index contributed by atoms with van der Waals surface area (Å²) in [5, 5.41) is 0. The van der Waals surface area contributed by atoms with Gasteiger partial charge in [-0.25, -0.2) is 0 Å². The Bertz CT molecular complexity index is 991. The van der Waals surface area contributed by atoms with Gasteiger partial charge in [0.1, 0.15) is 12.7 Å². The van der Waals surface area contributed by atoms with Gasteiger partial charge in [0.2, 0.25) is 0 Å². The average molecular weight is 792 g/mol. The SMILES string of the molecule is CCCCCCCCCCCCCCCCCC(=O)O[C@@H]1[C@@H](OC(=O)CCCCCCCCCCCCCCCCC)CO[C@@H]1COC(=O)C1(C)CCN(C)C1. The topological polar surface area (TPSA) is 91.4 Å². The van der Waals surface area contributed by atoms with Gasteiger partial charge in [0, 0.05) is 19.4 Å². The van der Waals surface area contributed by atoms with E-state index in [9.17, 15) is 14.4 Å². The van der Waals surface area contributed by atoms with Crippen molar-refractivity contribution in [2.75, 3.05) is 33.4 Å². The van der Waals surface area contributed by atoms with Crippen LogP contribution in [0.5, 0.6) is 0 Å². The van der Waals surface area contributed by atoms with Crippen LogP contribution >= 0.6 is 0 Å². The van der Waals surface area contributed by atoms with E-state index in [4.69, 9.17) is 18.9 Å². The van der Waals surface area contributed by atoms with Crippen LogP contribution in [0.25, 0.3) is 0 Å². The maximum absolute atomic E-state index is 13.0. The third kappa shape index (κ3) is 24.3. The van der Waals surface area contributed by atoms with Gasteiger partial charge < -0.3 is 23.8 Å². The van der Waals surface area contributed by atoms with Crippen molar-refractivity contribution < 1.29 is 33.3 Å². The molecule has 0 saturated carbocycles. The number of ether oxygens (including phenoxy) is 4. The molecule has 8 nitrogen and oxygen atoms in total. The molecule has 0 aromatic rings. The first-order valence-corrected chi connectivity index (χ1v) is 24.2. The summed E-state index contributed by atoms with van der Waals surface area (Å²) in [4.78, 5) is 41.1. The van der Waals surface area contributed by atoms with Crippen molar-refractivity contribution in [2.45, 2.75) is 251 Å². The minimum absolute atomic E-state index is 0.0257. The Kier molecular flexibility index (Phi) is 29.9. The van der Waals surface area contributed by atoms with E-state index in [0.29, 0.717) is 19.4 Å². The fraction of sp³-hybridized carbons (Fsp3) is 0.938. The second-order valence-corrected chi connectivity index (χ2v) is 17.9. The second-order valence-electron chi connectivity index (χ2n) is 17.9. The zero-order chi connectivity index (χ0) is 40.5. The largest absolute Gasteiger partial charge is 0.462 e. The van der Waals surface area contributed by atoms with Crippen LogP contribution in [0.2, 0.25) is 0 Å². The maximum Gasteiger partial charge on any atom is 0.313 e. The van der Waals surface area contributed by atoms with Gasteiger partial charge >= 0.3 is 17.9 Å². The first-order chi connectivity index (χ1) is 27.3. The first-order valence-electron chi connectivity index (χ1n) is 24.2. The molecule has 0 bridgehead atoms. The lowest BCUT2D eigenvalue weighted by Crippen LogP contribution is -2.41. The second kappa shape index (κ2) is 33.2. The molecule has 2 fully saturated rings. The lowest BCUT2D eigenvalue weighted by Gasteiger charge is -2.25. The van der Waals surface area contributed by atoms with Gasteiger partial charge in [-0.3, -0.25) is 14.4 Å². The molecule has 2 aliphatic rings. The number of nitrogens with zero attached hydrogens (tertiary/aromatic N) is 1. The van der Waals surface area contributed by atoms with E-state index < -0.39 is 23.7 Å². The van der Waals surface area contributed by atoms with E-state index in [1.807, 2.05) is 14.0 Å². The highest BCUT2D eigenvalue weighted by atomic mass is 16.6. The number of esters is 3. The Morgan fingerprint density at radius 1 is 0.571 bits per heavy atom. The van der Waals surface area contributed by atoms with Crippen LogP contribution < -0.4 is 0 Å². The van der Waals surface area contributed by atoms with Gasteiger partial charge in [-0.1, -0.05) is 194 Å². The molecule has 0 spiro atoms. The number of carbonyl (C=O) groups is 3. The predicted octanol–water partition coefficient (Wildman–Crippen LogP) is 12.6. The molecule has 2 rings (SSSR count). The summed E-state index contributed by atoms with van der Waals surface area (Å²) in [6.45, 7) is 8.08. The fourth-order valence-electron chi connectivity index (χ4n) is 8.45. The monoisotopic (exact) mass is 792 g/mol. The quantitative estimate of drug-likeness (QED) is 0.0349.